The standard InChI is InChI=1S/C20H23NO6S/c1-13(2)15-6-8-16(9-7-15)21-28(24,25)18-12-14(5-10-19(22)23)11-17(26-3)20(18)27-4/h5-13,21H,1-4H3,(H,22,23)/b10-5+. The molecule has 0 spiro atoms. The highest BCUT2D eigenvalue weighted by Crippen LogP contribution is 2.37. The zero-order chi connectivity index (χ0) is 20.9. The Balaban J connectivity index is 2.49. The summed E-state index contributed by atoms with van der Waals surface area (Å²) in [6, 6.07) is 9.90. The van der Waals surface area contributed by atoms with Crippen molar-refractivity contribution in [2.24, 2.45) is 0 Å². The molecule has 2 aromatic carbocycles. The van der Waals surface area contributed by atoms with Gasteiger partial charge in [0.1, 0.15) is 4.90 Å². The number of ether oxygens (including phenoxy) is 2. The van der Waals surface area contributed by atoms with Crippen LogP contribution in [-0.4, -0.2) is 33.7 Å². The summed E-state index contributed by atoms with van der Waals surface area (Å²) in [5.41, 5.74) is 1.83. The van der Waals surface area contributed by atoms with E-state index in [4.69, 9.17) is 14.6 Å². The van der Waals surface area contributed by atoms with Gasteiger partial charge in [0.05, 0.1) is 14.2 Å². The van der Waals surface area contributed by atoms with Crippen LogP contribution in [0.15, 0.2) is 47.4 Å². The van der Waals surface area contributed by atoms with E-state index in [0.29, 0.717) is 17.2 Å². The van der Waals surface area contributed by atoms with Gasteiger partial charge in [-0.1, -0.05) is 26.0 Å². The lowest BCUT2D eigenvalue weighted by molar-refractivity contribution is -0.131. The van der Waals surface area contributed by atoms with Gasteiger partial charge >= 0.3 is 5.97 Å². The first kappa shape index (κ1) is 21.3. The number of rotatable bonds is 8. The van der Waals surface area contributed by atoms with Crippen LogP contribution in [0.5, 0.6) is 11.5 Å². The molecule has 0 saturated heterocycles. The van der Waals surface area contributed by atoms with Crippen LogP contribution >= 0.6 is 0 Å². The molecule has 2 aromatic rings. The summed E-state index contributed by atoms with van der Waals surface area (Å²) in [4.78, 5) is 10.6. The monoisotopic (exact) mass is 405 g/mol. The topological polar surface area (TPSA) is 102 Å². The average Bonchev–Trinajstić information content (AvgIpc) is 2.65. The third kappa shape index (κ3) is 5.04. The first-order valence-electron chi connectivity index (χ1n) is 8.47. The Morgan fingerprint density at radius 2 is 1.75 bits per heavy atom. The molecule has 8 heteroatoms. The van der Waals surface area contributed by atoms with Gasteiger partial charge in [-0.15, -0.1) is 0 Å². The molecule has 0 aliphatic heterocycles. The number of sulfonamides is 1. The van der Waals surface area contributed by atoms with Gasteiger partial charge in [-0.2, -0.15) is 0 Å². The zero-order valence-electron chi connectivity index (χ0n) is 16.1. The molecule has 7 nitrogen and oxygen atoms in total. The Bertz CT molecular complexity index is 979. The van der Waals surface area contributed by atoms with Crippen molar-refractivity contribution in [2.45, 2.75) is 24.7 Å². The molecule has 0 amide bonds. The molecule has 0 fully saturated rings. The van der Waals surface area contributed by atoms with E-state index in [1.165, 1.54) is 32.4 Å². The summed E-state index contributed by atoms with van der Waals surface area (Å²) in [5, 5.41) is 8.81. The summed E-state index contributed by atoms with van der Waals surface area (Å²) >= 11 is 0. The predicted molar refractivity (Wildman–Crippen MR) is 108 cm³/mol. The van der Waals surface area contributed by atoms with Crippen molar-refractivity contribution in [3.05, 3.63) is 53.6 Å². The lowest BCUT2D eigenvalue weighted by Crippen LogP contribution is -2.15. The van der Waals surface area contributed by atoms with Crippen molar-refractivity contribution in [1.29, 1.82) is 0 Å². The summed E-state index contributed by atoms with van der Waals surface area (Å²) in [6.45, 7) is 4.10. The normalized spacial score (nSPS) is 11.6. The van der Waals surface area contributed by atoms with Crippen molar-refractivity contribution in [1.82, 2.24) is 0 Å². The van der Waals surface area contributed by atoms with Crippen LogP contribution < -0.4 is 14.2 Å². The average molecular weight is 405 g/mol. The van der Waals surface area contributed by atoms with E-state index in [0.717, 1.165) is 11.6 Å². The van der Waals surface area contributed by atoms with Gasteiger partial charge in [0, 0.05) is 11.8 Å². The SMILES string of the molecule is COc1cc(/C=C/C(=O)O)cc(S(=O)(=O)Nc2ccc(C(C)C)cc2)c1OC. The van der Waals surface area contributed by atoms with E-state index in [1.807, 2.05) is 26.0 Å². The van der Waals surface area contributed by atoms with Crippen LogP contribution in [0, 0.1) is 0 Å². The van der Waals surface area contributed by atoms with E-state index in [2.05, 4.69) is 4.72 Å². The van der Waals surface area contributed by atoms with Crippen LogP contribution in [0.25, 0.3) is 6.08 Å². The van der Waals surface area contributed by atoms with Gasteiger partial charge in [-0.05, 0) is 47.4 Å². The Hall–Kier alpha value is -3.00. The smallest absolute Gasteiger partial charge is 0.328 e. The Labute approximate surface area is 164 Å². The minimum atomic E-state index is -4.02. The zero-order valence-corrected chi connectivity index (χ0v) is 16.9. The maximum atomic E-state index is 13.0. The van der Waals surface area contributed by atoms with Crippen molar-refractivity contribution < 1.29 is 27.8 Å². The largest absolute Gasteiger partial charge is 0.493 e. The molecule has 0 aliphatic carbocycles. The van der Waals surface area contributed by atoms with Crippen LogP contribution in [0.4, 0.5) is 5.69 Å². The Kier molecular flexibility index (Phi) is 6.69. The van der Waals surface area contributed by atoms with E-state index >= 15 is 0 Å². The lowest BCUT2D eigenvalue weighted by Gasteiger charge is -2.16. The molecule has 150 valence electrons. The summed E-state index contributed by atoms with van der Waals surface area (Å²) in [5.74, 6) is -0.623. The van der Waals surface area contributed by atoms with Gasteiger partial charge in [0.2, 0.25) is 0 Å². The minimum Gasteiger partial charge on any atom is -0.493 e. The number of carboxylic acids is 1. The van der Waals surface area contributed by atoms with Gasteiger partial charge in [0.15, 0.2) is 11.5 Å². The number of methoxy groups -OCH3 is 2. The number of nitrogens with one attached hydrogen (secondary N) is 1. The van der Waals surface area contributed by atoms with Crippen molar-refractivity contribution in [2.75, 3.05) is 18.9 Å². The number of benzene rings is 2. The maximum absolute atomic E-state index is 13.0. The number of carbonyl (C=O) groups is 1. The van der Waals surface area contributed by atoms with Crippen molar-refractivity contribution in [3.63, 3.8) is 0 Å². The predicted octanol–water partition coefficient (Wildman–Crippen LogP) is 3.73. The summed E-state index contributed by atoms with van der Waals surface area (Å²) in [7, 11) is -1.31. The van der Waals surface area contributed by atoms with E-state index in [9.17, 15) is 13.2 Å². The highest BCUT2D eigenvalue weighted by Gasteiger charge is 2.24. The minimum absolute atomic E-state index is 0.0290. The molecule has 0 saturated carbocycles. The molecular formula is C20H23NO6S. The number of hydrogen-bond donors (Lipinski definition) is 2. The highest BCUT2D eigenvalue weighted by molar-refractivity contribution is 7.92. The van der Waals surface area contributed by atoms with Gasteiger partial charge in [-0.25, -0.2) is 13.2 Å². The van der Waals surface area contributed by atoms with Gasteiger partial charge < -0.3 is 14.6 Å². The molecular weight excluding hydrogens is 382 g/mol. The third-order valence-corrected chi connectivity index (χ3v) is 5.39. The lowest BCUT2D eigenvalue weighted by atomic mass is 10.0. The molecule has 2 rings (SSSR count). The van der Waals surface area contributed by atoms with Crippen molar-refractivity contribution >= 4 is 27.8 Å². The molecule has 0 unspecified atom stereocenters. The van der Waals surface area contributed by atoms with E-state index < -0.39 is 16.0 Å². The number of hydrogen-bond acceptors (Lipinski definition) is 5. The van der Waals surface area contributed by atoms with Crippen LogP contribution in [-0.2, 0) is 14.8 Å². The maximum Gasteiger partial charge on any atom is 0.328 e. The molecule has 2 N–H and O–H groups in total. The molecule has 0 heterocycles. The number of carboxylic acid groups (broad SMARTS) is 1. The quantitative estimate of drug-likeness (QED) is 0.649. The number of aliphatic carboxylic acids is 1. The summed E-state index contributed by atoms with van der Waals surface area (Å²) < 4.78 is 38.9. The second-order valence-corrected chi connectivity index (χ2v) is 7.96. The Morgan fingerprint density at radius 3 is 2.25 bits per heavy atom. The Morgan fingerprint density at radius 1 is 1.11 bits per heavy atom. The van der Waals surface area contributed by atoms with E-state index in [1.54, 1.807) is 12.1 Å². The first-order valence-corrected chi connectivity index (χ1v) is 9.96. The molecule has 28 heavy (non-hydrogen) atoms. The fourth-order valence-electron chi connectivity index (χ4n) is 2.56. The van der Waals surface area contributed by atoms with Crippen LogP contribution in [0.3, 0.4) is 0 Å². The van der Waals surface area contributed by atoms with Crippen molar-refractivity contribution in [3.8, 4) is 11.5 Å². The van der Waals surface area contributed by atoms with Gasteiger partial charge in [0.25, 0.3) is 10.0 Å². The fourth-order valence-corrected chi connectivity index (χ4v) is 3.83. The highest BCUT2D eigenvalue weighted by atomic mass is 32.2. The first-order chi connectivity index (χ1) is 13.2. The van der Waals surface area contributed by atoms with Gasteiger partial charge in [-0.3, -0.25) is 4.72 Å². The number of anilines is 1. The fraction of sp³-hybridized carbons (Fsp3) is 0.250. The molecule has 0 radical (unpaired) electrons. The van der Waals surface area contributed by atoms with Crippen LogP contribution in [0.1, 0.15) is 30.9 Å². The van der Waals surface area contributed by atoms with Crippen LogP contribution in [0.2, 0.25) is 0 Å². The summed E-state index contributed by atoms with van der Waals surface area (Å²) in [6.07, 6.45) is 2.19. The second kappa shape index (κ2) is 8.79. The third-order valence-electron chi connectivity index (χ3n) is 4.00. The molecule has 0 aromatic heterocycles. The van der Waals surface area contributed by atoms with E-state index in [-0.39, 0.29) is 16.4 Å². The molecule has 0 bridgehead atoms. The second-order valence-electron chi connectivity index (χ2n) is 6.31. The molecule has 0 aliphatic rings. The molecule has 0 atom stereocenters.